The van der Waals surface area contributed by atoms with Gasteiger partial charge in [0.15, 0.2) is 0 Å². The van der Waals surface area contributed by atoms with Crippen LogP contribution in [0.15, 0.2) is 18.5 Å². The summed E-state index contributed by atoms with van der Waals surface area (Å²) in [6, 6.07) is 2.48. The molecule has 2 rings (SSSR count). The van der Waals surface area contributed by atoms with Gasteiger partial charge in [-0.3, -0.25) is 14.7 Å². The third kappa shape index (κ3) is 14.7. The number of anilines is 1. The second-order valence-electron chi connectivity index (χ2n) is 7.39. The van der Waals surface area contributed by atoms with E-state index < -0.39 is 24.3 Å². The number of hydrogen-bond acceptors (Lipinski definition) is 6. The first-order valence-electron chi connectivity index (χ1n) is 10.3. The molecule has 4 N–H and O–H groups in total. The molecule has 1 unspecified atom stereocenters. The minimum atomic E-state index is -5.08. The summed E-state index contributed by atoms with van der Waals surface area (Å²) < 4.78 is 63.5. The number of likely N-dealkylation sites (tertiary alicyclic amines) is 1. The van der Waals surface area contributed by atoms with Crippen LogP contribution in [0.4, 0.5) is 32.0 Å². The molecule has 200 valence electrons. The third-order valence-electron chi connectivity index (χ3n) is 4.56. The fourth-order valence-corrected chi connectivity index (χ4v) is 2.70. The number of hydrogen-bond donors (Lipinski definition) is 4. The molecule has 9 nitrogen and oxygen atoms in total. The van der Waals surface area contributed by atoms with Crippen molar-refractivity contribution in [1.29, 1.82) is 0 Å². The van der Waals surface area contributed by atoms with Crippen LogP contribution in [0, 0.1) is 6.92 Å². The van der Waals surface area contributed by atoms with Gasteiger partial charge in [0.1, 0.15) is 0 Å². The summed E-state index contributed by atoms with van der Waals surface area (Å²) in [4.78, 5) is 36.1. The molecule has 0 aliphatic carbocycles. The predicted octanol–water partition coefficient (Wildman–Crippen LogP) is 3.06. The number of aliphatic carboxylic acids is 2. The van der Waals surface area contributed by atoms with Crippen molar-refractivity contribution in [2.45, 2.75) is 51.5 Å². The summed E-state index contributed by atoms with van der Waals surface area (Å²) in [6.45, 7) is 7.17. The number of pyridine rings is 1. The summed E-state index contributed by atoms with van der Waals surface area (Å²) in [5.74, 6) is -5.39. The molecule has 1 amide bonds. The Morgan fingerprint density at radius 2 is 1.60 bits per heavy atom. The van der Waals surface area contributed by atoms with Gasteiger partial charge in [-0.1, -0.05) is 6.42 Å². The first kappa shape index (κ1) is 31.9. The van der Waals surface area contributed by atoms with Crippen molar-refractivity contribution in [2.75, 3.05) is 31.5 Å². The number of nitrogens with zero attached hydrogens (tertiary/aromatic N) is 2. The molecule has 0 radical (unpaired) electrons. The molecule has 1 aliphatic rings. The Labute approximate surface area is 197 Å². The largest absolute Gasteiger partial charge is 0.490 e. The molecule has 35 heavy (non-hydrogen) atoms. The van der Waals surface area contributed by atoms with Gasteiger partial charge in [-0.05, 0) is 44.9 Å². The van der Waals surface area contributed by atoms with Gasteiger partial charge >= 0.3 is 24.3 Å². The number of amides is 1. The van der Waals surface area contributed by atoms with Crippen LogP contribution < -0.4 is 10.6 Å². The smallest absolute Gasteiger partial charge is 0.475 e. The fraction of sp³-hybridized carbons (Fsp3) is 0.600. The normalized spacial score (nSPS) is 16.1. The zero-order valence-electron chi connectivity index (χ0n) is 19.0. The van der Waals surface area contributed by atoms with Crippen molar-refractivity contribution >= 4 is 23.5 Å². The lowest BCUT2D eigenvalue weighted by atomic mass is 10.0. The molecule has 1 atom stereocenters. The maximum Gasteiger partial charge on any atom is 0.490 e. The van der Waals surface area contributed by atoms with Crippen LogP contribution in [0.25, 0.3) is 0 Å². The Hall–Kier alpha value is -3.10. The molecule has 1 saturated heterocycles. The molecule has 1 aliphatic heterocycles. The van der Waals surface area contributed by atoms with Gasteiger partial charge in [-0.2, -0.15) is 26.3 Å². The van der Waals surface area contributed by atoms with Crippen molar-refractivity contribution in [3.8, 4) is 0 Å². The van der Waals surface area contributed by atoms with Crippen LogP contribution in [-0.2, 0) is 14.4 Å². The second kappa shape index (κ2) is 15.0. The van der Waals surface area contributed by atoms with Crippen LogP contribution >= 0.6 is 0 Å². The van der Waals surface area contributed by atoms with Crippen LogP contribution in [0.2, 0.25) is 0 Å². The molecule has 1 aromatic heterocycles. The number of carbonyl (C=O) groups excluding carboxylic acids is 1. The molecule has 0 aromatic carbocycles. The summed E-state index contributed by atoms with van der Waals surface area (Å²) in [6.07, 6.45) is -2.87. The first-order valence-corrected chi connectivity index (χ1v) is 10.3. The van der Waals surface area contributed by atoms with Gasteiger partial charge in [0.25, 0.3) is 0 Å². The fourth-order valence-electron chi connectivity index (χ4n) is 2.70. The maximum absolute atomic E-state index is 11.9. The number of carbonyl (C=O) groups is 3. The molecular weight excluding hydrogens is 490 g/mol. The Morgan fingerprint density at radius 3 is 2.06 bits per heavy atom. The monoisotopic (exact) mass is 518 g/mol. The van der Waals surface area contributed by atoms with Crippen LogP contribution in [0.5, 0.6) is 0 Å². The van der Waals surface area contributed by atoms with Crippen LogP contribution in [-0.4, -0.2) is 82.5 Å². The molecule has 15 heteroatoms. The average molecular weight is 518 g/mol. The lowest BCUT2D eigenvalue weighted by molar-refractivity contribution is -0.193. The summed E-state index contributed by atoms with van der Waals surface area (Å²) >= 11 is 0. The highest BCUT2D eigenvalue weighted by atomic mass is 19.4. The second-order valence-corrected chi connectivity index (χ2v) is 7.39. The highest BCUT2D eigenvalue weighted by molar-refractivity contribution is 5.78. The Balaban J connectivity index is 0.000000680. The average Bonchev–Trinajstić information content (AvgIpc) is 2.73. The SMILES string of the molecule is Cc1cnccc1NCCNC(=O)CN1CCCCC1C.O=C(O)C(F)(F)F.O=C(O)C(F)(F)F. The Kier molecular flexibility index (Phi) is 13.7. The van der Waals surface area contributed by atoms with Gasteiger partial charge in [0.2, 0.25) is 5.91 Å². The Morgan fingerprint density at radius 1 is 1.06 bits per heavy atom. The van der Waals surface area contributed by atoms with Crippen molar-refractivity contribution in [2.24, 2.45) is 0 Å². The number of carboxylic acids is 2. The minimum absolute atomic E-state index is 0.122. The van der Waals surface area contributed by atoms with Crippen LogP contribution in [0.1, 0.15) is 31.7 Å². The van der Waals surface area contributed by atoms with Crippen molar-refractivity contribution in [3.63, 3.8) is 0 Å². The van der Waals surface area contributed by atoms with Crippen LogP contribution in [0.3, 0.4) is 0 Å². The third-order valence-corrected chi connectivity index (χ3v) is 4.56. The van der Waals surface area contributed by atoms with Gasteiger partial charge in [-0.25, -0.2) is 9.59 Å². The van der Waals surface area contributed by atoms with E-state index in [-0.39, 0.29) is 5.91 Å². The zero-order chi connectivity index (χ0) is 27.2. The highest BCUT2D eigenvalue weighted by Gasteiger charge is 2.38. The van der Waals surface area contributed by atoms with E-state index in [0.29, 0.717) is 19.1 Å². The van der Waals surface area contributed by atoms with Gasteiger partial charge in [0, 0.05) is 37.2 Å². The summed E-state index contributed by atoms with van der Waals surface area (Å²) in [5, 5.41) is 20.5. The van der Waals surface area contributed by atoms with E-state index in [1.165, 1.54) is 19.3 Å². The van der Waals surface area contributed by atoms with E-state index in [0.717, 1.165) is 24.3 Å². The zero-order valence-corrected chi connectivity index (χ0v) is 19.0. The van der Waals surface area contributed by atoms with E-state index in [1.54, 1.807) is 6.20 Å². The number of alkyl halides is 6. The van der Waals surface area contributed by atoms with E-state index >= 15 is 0 Å². The molecule has 1 aromatic rings. The van der Waals surface area contributed by atoms with Crippen molar-refractivity contribution in [3.05, 3.63) is 24.0 Å². The number of carboxylic acid groups (broad SMARTS) is 2. The molecule has 0 spiro atoms. The number of halogens is 6. The van der Waals surface area contributed by atoms with E-state index in [9.17, 15) is 31.1 Å². The minimum Gasteiger partial charge on any atom is -0.475 e. The molecule has 0 saturated carbocycles. The summed E-state index contributed by atoms with van der Waals surface area (Å²) in [5.41, 5.74) is 2.19. The van der Waals surface area contributed by atoms with Gasteiger partial charge in [-0.15, -0.1) is 0 Å². The Bertz CT molecular complexity index is 796. The number of aryl methyl sites for hydroxylation is 1. The number of rotatable bonds is 6. The molecule has 1 fully saturated rings. The number of piperidine rings is 1. The van der Waals surface area contributed by atoms with E-state index in [4.69, 9.17) is 19.8 Å². The molecular formula is C20H28F6N4O5. The predicted molar refractivity (Wildman–Crippen MR) is 113 cm³/mol. The van der Waals surface area contributed by atoms with Gasteiger partial charge in [0.05, 0.1) is 6.54 Å². The lowest BCUT2D eigenvalue weighted by Crippen LogP contribution is -2.45. The highest BCUT2D eigenvalue weighted by Crippen LogP contribution is 2.16. The number of nitrogens with one attached hydrogen (secondary N) is 2. The molecule has 2 heterocycles. The number of aromatic nitrogens is 1. The molecule has 0 bridgehead atoms. The topological polar surface area (TPSA) is 132 Å². The standard InChI is InChI=1S/C16H26N4O.2C2HF3O2/c1-13-11-17-7-6-15(13)18-8-9-19-16(21)12-20-10-4-3-5-14(20)2;2*3-2(4,5)1(6)7/h6-7,11,14H,3-5,8-10,12H2,1-2H3,(H,17,18)(H,19,21);2*(H,6,7). The van der Waals surface area contributed by atoms with Gasteiger partial charge < -0.3 is 20.8 Å². The van der Waals surface area contributed by atoms with E-state index in [2.05, 4.69) is 27.4 Å². The summed E-state index contributed by atoms with van der Waals surface area (Å²) in [7, 11) is 0. The van der Waals surface area contributed by atoms with E-state index in [1.807, 2.05) is 19.2 Å². The van der Waals surface area contributed by atoms with Crippen molar-refractivity contribution < 1.29 is 50.9 Å². The quantitative estimate of drug-likeness (QED) is 0.334. The van der Waals surface area contributed by atoms with Crippen molar-refractivity contribution in [1.82, 2.24) is 15.2 Å². The lowest BCUT2D eigenvalue weighted by Gasteiger charge is -2.32. The first-order chi connectivity index (χ1) is 16.1. The maximum atomic E-state index is 11.9.